The van der Waals surface area contributed by atoms with Gasteiger partial charge in [0.25, 0.3) is 20.2 Å². The predicted octanol–water partition coefficient (Wildman–Crippen LogP) is 9.55. The summed E-state index contributed by atoms with van der Waals surface area (Å²) in [6.45, 7) is 0. The third kappa shape index (κ3) is 6.94. The first kappa shape index (κ1) is 35.0. The Kier molecular flexibility index (Phi) is 9.67. The first-order valence-corrected chi connectivity index (χ1v) is 19.2. The van der Waals surface area contributed by atoms with Crippen LogP contribution in [0, 0.1) is 0 Å². The van der Waals surface area contributed by atoms with Gasteiger partial charge in [0.1, 0.15) is 21.2 Å². The lowest BCUT2D eigenvalue weighted by atomic mass is 10.0. The van der Waals surface area contributed by atoms with E-state index in [1.54, 1.807) is 48.5 Å². The number of phenols is 2. The molecule has 0 saturated heterocycles. The molecule has 0 bridgehead atoms. The van der Waals surface area contributed by atoms with Crippen LogP contribution in [0.3, 0.4) is 0 Å². The van der Waals surface area contributed by atoms with Crippen molar-refractivity contribution < 1.29 is 36.2 Å². The second-order valence-corrected chi connectivity index (χ2v) is 14.8. The second kappa shape index (κ2) is 13.8. The summed E-state index contributed by atoms with van der Waals surface area (Å²) in [4.78, 5) is -0.0894. The lowest BCUT2D eigenvalue weighted by Gasteiger charge is -2.11. The summed E-state index contributed by atoms with van der Waals surface area (Å²) in [5.41, 5.74) is 2.88. The number of benzene rings is 6. The number of phenolic OH excluding ortho intramolecular Hbond substituents is 2. The Balaban J connectivity index is 1.32. The van der Waals surface area contributed by atoms with Gasteiger partial charge in [-0.05, 0) is 59.3 Å². The minimum absolute atomic E-state index is 0.137. The number of fused-ring (bicyclic) bond motifs is 2. The van der Waals surface area contributed by atoms with E-state index in [0.717, 1.165) is 28.2 Å². The standard InChI is InChI=1S/C34H26N4O8S4/c1-48-30-15-20(11-13-27(30)36-38-29-17-32(50(44,45)46)23-7-3-5-9-25(23)34(29)40)19-10-12-26(21(14-19)18-47)35-37-28-16-31(49(41,42)43)22-6-2-4-8-24(22)33(28)39/h2-17,39-40,47H,18H2,1H3,(H,41,42,43)(H,44,45,46). The largest absolute Gasteiger partial charge is 0.505 e. The molecule has 50 heavy (non-hydrogen) atoms. The Morgan fingerprint density at radius 1 is 0.580 bits per heavy atom. The molecule has 0 fully saturated rings. The van der Waals surface area contributed by atoms with Gasteiger partial charge in [0.15, 0.2) is 11.5 Å². The quantitative estimate of drug-likeness (QED) is 0.0414. The lowest BCUT2D eigenvalue weighted by molar-refractivity contribution is 0.477. The molecule has 0 aliphatic rings. The van der Waals surface area contributed by atoms with Gasteiger partial charge in [-0.2, -0.15) is 34.6 Å². The summed E-state index contributed by atoms with van der Waals surface area (Å²) in [7, 11) is -9.25. The summed E-state index contributed by atoms with van der Waals surface area (Å²) >= 11 is 5.84. The van der Waals surface area contributed by atoms with E-state index in [9.17, 15) is 36.2 Å². The maximum absolute atomic E-state index is 12.1. The van der Waals surface area contributed by atoms with E-state index < -0.39 is 30.0 Å². The highest BCUT2D eigenvalue weighted by Crippen LogP contribution is 2.42. The summed E-state index contributed by atoms with van der Waals surface area (Å²) < 4.78 is 67.9. The molecule has 0 unspecified atom stereocenters. The smallest absolute Gasteiger partial charge is 0.295 e. The number of nitrogens with zero attached hydrogens (tertiary/aromatic N) is 4. The molecule has 16 heteroatoms. The van der Waals surface area contributed by atoms with E-state index in [-0.39, 0.29) is 50.2 Å². The molecule has 0 saturated carbocycles. The number of azo groups is 2. The Hall–Kier alpha value is -4.84. The van der Waals surface area contributed by atoms with E-state index in [0.29, 0.717) is 16.9 Å². The van der Waals surface area contributed by atoms with Gasteiger partial charge in [0.05, 0.1) is 11.4 Å². The molecule has 4 N–H and O–H groups in total. The van der Waals surface area contributed by atoms with Gasteiger partial charge in [0.2, 0.25) is 0 Å². The third-order valence-electron chi connectivity index (χ3n) is 7.77. The normalized spacial score (nSPS) is 12.5. The molecule has 0 spiro atoms. The third-order valence-corrected chi connectivity index (χ3v) is 10.7. The van der Waals surface area contributed by atoms with Gasteiger partial charge in [-0.25, -0.2) is 0 Å². The van der Waals surface area contributed by atoms with Crippen LogP contribution in [0.2, 0.25) is 0 Å². The number of thiol groups is 1. The van der Waals surface area contributed by atoms with Crippen LogP contribution in [-0.2, 0) is 26.0 Å². The van der Waals surface area contributed by atoms with Crippen molar-refractivity contribution in [1.82, 2.24) is 0 Å². The zero-order valence-corrected chi connectivity index (χ0v) is 29.2. The van der Waals surface area contributed by atoms with Crippen LogP contribution in [0.25, 0.3) is 32.7 Å². The van der Waals surface area contributed by atoms with Crippen molar-refractivity contribution in [3.8, 4) is 22.6 Å². The Morgan fingerprint density at radius 3 is 1.46 bits per heavy atom. The van der Waals surface area contributed by atoms with Crippen molar-refractivity contribution in [2.24, 2.45) is 20.5 Å². The van der Waals surface area contributed by atoms with Gasteiger partial charge in [-0.15, -0.1) is 27.1 Å². The van der Waals surface area contributed by atoms with Gasteiger partial charge < -0.3 is 10.2 Å². The average Bonchev–Trinajstić information content (AvgIpc) is 3.10. The second-order valence-electron chi connectivity index (χ2n) is 10.8. The number of hydrogen-bond donors (Lipinski definition) is 5. The van der Waals surface area contributed by atoms with Crippen molar-refractivity contribution >= 4 is 88.9 Å². The predicted molar refractivity (Wildman–Crippen MR) is 196 cm³/mol. The van der Waals surface area contributed by atoms with Gasteiger partial charge in [0, 0.05) is 32.2 Å². The molecule has 0 heterocycles. The van der Waals surface area contributed by atoms with Crippen LogP contribution >= 0.6 is 24.4 Å². The number of thioether (sulfide) groups is 1. The SMILES string of the molecule is CSc1cc(-c2ccc(N=Nc3cc(S(=O)(=O)O)c4ccccc4c3O)c(CS)c2)ccc1N=Nc1cc(S(=O)(=O)O)c2ccccc2c1O. The lowest BCUT2D eigenvalue weighted by Crippen LogP contribution is -1.99. The molecule has 0 aliphatic heterocycles. The van der Waals surface area contributed by atoms with Crippen molar-refractivity contribution in [1.29, 1.82) is 0 Å². The van der Waals surface area contributed by atoms with Crippen molar-refractivity contribution in [3.63, 3.8) is 0 Å². The molecule has 6 rings (SSSR count). The highest BCUT2D eigenvalue weighted by Gasteiger charge is 2.21. The molecule has 12 nitrogen and oxygen atoms in total. The van der Waals surface area contributed by atoms with E-state index in [1.165, 1.54) is 36.0 Å². The van der Waals surface area contributed by atoms with E-state index in [2.05, 4.69) is 33.1 Å². The molecular formula is C34H26N4O8S4. The maximum Gasteiger partial charge on any atom is 0.295 e. The highest BCUT2D eigenvalue weighted by molar-refractivity contribution is 7.98. The van der Waals surface area contributed by atoms with E-state index in [4.69, 9.17) is 0 Å². The van der Waals surface area contributed by atoms with Crippen LogP contribution in [-0.4, -0.2) is 42.4 Å². The van der Waals surface area contributed by atoms with Crippen LogP contribution in [0.15, 0.2) is 132 Å². The number of aromatic hydroxyl groups is 2. The first-order chi connectivity index (χ1) is 23.8. The molecule has 0 aromatic heterocycles. The fourth-order valence-electron chi connectivity index (χ4n) is 5.35. The van der Waals surface area contributed by atoms with Gasteiger partial charge >= 0.3 is 0 Å². The molecule has 6 aromatic rings. The summed E-state index contributed by atoms with van der Waals surface area (Å²) in [5, 5.41) is 39.0. The van der Waals surface area contributed by atoms with Crippen molar-refractivity contribution in [2.45, 2.75) is 20.4 Å². The van der Waals surface area contributed by atoms with Crippen LogP contribution in [0.5, 0.6) is 11.5 Å². The van der Waals surface area contributed by atoms with Gasteiger partial charge in [-0.3, -0.25) is 9.11 Å². The minimum Gasteiger partial charge on any atom is -0.505 e. The van der Waals surface area contributed by atoms with E-state index in [1.807, 2.05) is 18.4 Å². The van der Waals surface area contributed by atoms with Crippen molar-refractivity contribution in [3.05, 3.63) is 103 Å². The first-order valence-electron chi connectivity index (χ1n) is 14.5. The fraction of sp³-hybridized carbons (Fsp3) is 0.0588. The zero-order valence-electron chi connectivity index (χ0n) is 25.8. The molecular weight excluding hydrogens is 721 g/mol. The topological polar surface area (TPSA) is 199 Å². The summed E-state index contributed by atoms with van der Waals surface area (Å²) in [6.07, 6.45) is 1.85. The van der Waals surface area contributed by atoms with E-state index >= 15 is 0 Å². The summed E-state index contributed by atoms with van der Waals surface area (Å²) in [6, 6.07) is 25.2. The molecule has 0 amide bonds. The Labute approximate surface area is 296 Å². The number of hydrogen-bond acceptors (Lipinski definition) is 12. The van der Waals surface area contributed by atoms with Crippen LogP contribution < -0.4 is 0 Å². The Morgan fingerprint density at radius 2 is 1.00 bits per heavy atom. The molecule has 254 valence electrons. The highest BCUT2D eigenvalue weighted by atomic mass is 32.2. The van der Waals surface area contributed by atoms with Crippen LogP contribution in [0.1, 0.15) is 5.56 Å². The average molecular weight is 747 g/mol. The molecule has 0 radical (unpaired) electrons. The van der Waals surface area contributed by atoms with Gasteiger partial charge in [-0.1, -0.05) is 60.7 Å². The molecule has 6 aromatic carbocycles. The Bertz CT molecular complexity index is 2430. The summed E-state index contributed by atoms with van der Waals surface area (Å²) in [5.74, 6) is -0.312. The van der Waals surface area contributed by atoms with Crippen molar-refractivity contribution in [2.75, 3.05) is 6.26 Å². The number of rotatable bonds is 9. The maximum atomic E-state index is 12.1. The monoisotopic (exact) mass is 746 g/mol. The molecule has 0 aliphatic carbocycles. The zero-order chi connectivity index (χ0) is 35.8. The van der Waals surface area contributed by atoms with Crippen LogP contribution in [0.4, 0.5) is 22.7 Å². The minimum atomic E-state index is -4.63. The molecule has 0 atom stereocenters. The fourth-order valence-corrected chi connectivity index (χ4v) is 7.60.